The van der Waals surface area contributed by atoms with Gasteiger partial charge < -0.3 is 9.13 Å². The second kappa shape index (κ2) is 8.92. The molecule has 3 heterocycles. The van der Waals surface area contributed by atoms with Crippen LogP contribution in [0.3, 0.4) is 0 Å². The van der Waals surface area contributed by atoms with Gasteiger partial charge in [-0.1, -0.05) is 97.1 Å². The molecule has 6 aromatic carbocycles. The van der Waals surface area contributed by atoms with Crippen LogP contribution < -0.4 is 0 Å². The number of nitrogens with zero attached hydrogens (tertiary/aromatic N) is 3. The average Bonchev–Trinajstić information content (AvgIpc) is 3.58. The lowest BCUT2D eigenvalue weighted by Gasteiger charge is -2.13. The molecule has 9 aromatic rings. The van der Waals surface area contributed by atoms with Crippen LogP contribution in [0.5, 0.6) is 0 Å². The molecule has 42 heavy (non-hydrogen) atoms. The van der Waals surface area contributed by atoms with E-state index in [9.17, 15) is 0 Å². The summed E-state index contributed by atoms with van der Waals surface area (Å²) in [6.07, 6.45) is 3.86. The highest BCUT2D eigenvalue weighted by atomic mass is 15.0. The number of fused-ring (bicyclic) bond motifs is 7. The molecular formula is C39H25N3. The average molecular weight is 536 g/mol. The summed E-state index contributed by atoms with van der Waals surface area (Å²) in [5.74, 6) is 0. The van der Waals surface area contributed by atoms with Gasteiger partial charge in [0.25, 0.3) is 0 Å². The largest absolute Gasteiger partial charge is 0.309 e. The van der Waals surface area contributed by atoms with Gasteiger partial charge in [-0.25, -0.2) is 0 Å². The van der Waals surface area contributed by atoms with Crippen LogP contribution in [-0.2, 0) is 0 Å². The van der Waals surface area contributed by atoms with Crippen LogP contribution in [0.1, 0.15) is 0 Å². The van der Waals surface area contributed by atoms with Gasteiger partial charge in [0, 0.05) is 44.7 Å². The van der Waals surface area contributed by atoms with E-state index in [1.807, 2.05) is 12.4 Å². The molecule has 3 heteroatoms. The summed E-state index contributed by atoms with van der Waals surface area (Å²) in [5.41, 5.74) is 9.40. The molecule has 0 atom stereocenters. The van der Waals surface area contributed by atoms with Crippen LogP contribution in [0.25, 0.3) is 76.9 Å². The van der Waals surface area contributed by atoms with Crippen molar-refractivity contribution in [1.82, 2.24) is 14.1 Å². The second-order valence-corrected chi connectivity index (χ2v) is 10.9. The molecule has 0 aliphatic rings. The molecule has 196 valence electrons. The Labute approximate surface area is 242 Å². The van der Waals surface area contributed by atoms with Gasteiger partial charge in [-0.2, -0.15) is 0 Å². The molecule has 0 N–H and O–H groups in total. The van der Waals surface area contributed by atoms with Crippen molar-refractivity contribution in [2.45, 2.75) is 0 Å². The third-order valence-electron chi connectivity index (χ3n) is 8.58. The van der Waals surface area contributed by atoms with E-state index in [0.717, 1.165) is 16.9 Å². The van der Waals surface area contributed by atoms with Gasteiger partial charge in [-0.05, 0) is 58.8 Å². The molecule has 3 aromatic heterocycles. The fourth-order valence-corrected chi connectivity index (χ4v) is 6.72. The van der Waals surface area contributed by atoms with Crippen LogP contribution in [0.2, 0.25) is 0 Å². The number of aromatic nitrogens is 3. The van der Waals surface area contributed by atoms with Crippen LogP contribution in [-0.4, -0.2) is 14.1 Å². The molecule has 0 saturated heterocycles. The highest BCUT2D eigenvalue weighted by molar-refractivity contribution is 6.15. The summed E-state index contributed by atoms with van der Waals surface area (Å²) in [7, 11) is 0. The van der Waals surface area contributed by atoms with Crippen molar-refractivity contribution >= 4 is 54.4 Å². The smallest absolute Gasteiger partial charge is 0.0724 e. The van der Waals surface area contributed by atoms with E-state index in [2.05, 4.69) is 154 Å². The van der Waals surface area contributed by atoms with Crippen LogP contribution in [0, 0.1) is 0 Å². The molecule has 0 fully saturated rings. The van der Waals surface area contributed by atoms with Crippen molar-refractivity contribution in [3.05, 3.63) is 152 Å². The fourth-order valence-electron chi connectivity index (χ4n) is 6.72. The second-order valence-electron chi connectivity index (χ2n) is 10.9. The third-order valence-corrected chi connectivity index (χ3v) is 8.58. The molecule has 3 nitrogen and oxygen atoms in total. The minimum atomic E-state index is 1.11. The fraction of sp³-hybridized carbons (Fsp3) is 0. The van der Waals surface area contributed by atoms with Gasteiger partial charge in [0.05, 0.1) is 28.3 Å². The summed E-state index contributed by atoms with van der Waals surface area (Å²) >= 11 is 0. The summed E-state index contributed by atoms with van der Waals surface area (Å²) < 4.78 is 4.77. The third kappa shape index (κ3) is 3.31. The normalized spacial score (nSPS) is 11.8. The number of rotatable bonds is 3. The van der Waals surface area contributed by atoms with E-state index in [1.54, 1.807) is 0 Å². The Balaban J connectivity index is 1.37. The predicted molar refractivity (Wildman–Crippen MR) is 176 cm³/mol. The van der Waals surface area contributed by atoms with Crippen molar-refractivity contribution in [3.8, 4) is 22.5 Å². The molecule has 0 radical (unpaired) electrons. The Morgan fingerprint density at radius 1 is 0.429 bits per heavy atom. The van der Waals surface area contributed by atoms with Crippen LogP contribution in [0.4, 0.5) is 0 Å². The van der Waals surface area contributed by atoms with Crippen molar-refractivity contribution in [2.24, 2.45) is 0 Å². The van der Waals surface area contributed by atoms with Gasteiger partial charge in [-0.3, -0.25) is 4.98 Å². The van der Waals surface area contributed by atoms with E-state index in [1.165, 1.54) is 60.0 Å². The molecule has 9 rings (SSSR count). The Kier molecular flexibility index (Phi) is 4.90. The Morgan fingerprint density at radius 3 is 2.12 bits per heavy atom. The standard InChI is InChI=1S/C39H25N3/c1-2-11-29(12-3-1)41-37-24-28(18-20-33(37)34-21-22-40-25-38(34)41)31-14-8-15-35-32-13-6-7-16-36(32)42(39(31)35)30-19-17-26-9-4-5-10-27(26)23-30/h1-25H. The van der Waals surface area contributed by atoms with Gasteiger partial charge in [0.1, 0.15) is 0 Å². The lowest BCUT2D eigenvalue weighted by Crippen LogP contribution is -1.96. The molecule has 0 aliphatic heterocycles. The maximum Gasteiger partial charge on any atom is 0.0724 e. The Bertz CT molecular complexity index is 2460. The lowest BCUT2D eigenvalue weighted by molar-refractivity contribution is 1.16. The van der Waals surface area contributed by atoms with Gasteiger partial charge in [0.2, 0.25) is 0 Å². The quantitative estimate of drug-likeness (QED) is 0.221. The van der Waals surface area contributed by atoms with Crippen molar-refractivity contribution < 1.29 is 0 Å². The first-order valence-corrected chi connectivity index (χ1v) is 14.3. The molecule has 0 saturated carbocycles. The van der Waals surface area contributed by atoms with Gasteiger partial charge in [0.15, 0.2) is 0 Å². The first kappa shape index (κ1) is 23.1. The molecule has 0 spiro atoms. The van der Waals surface area contributed by atoms with Crippen molar-refractivity contribution in [2.75, 3.05) is 0 Å². The summed E-state index contributed by atoms with van der Waals surface area (Å²) in [5, 5.41) is 7.43. The summed E-state index contributed by atoms with van der Waals surface area (Å²) in [6, 6.07) is 50.4. The number of benzene rings is 6. The summed E-state index contributed by atoms with van der Waals surface area (Å²) in [4.78, 5) is 4.48. The van der Waals surface area contributed by atoms with Gasteiger partial charge in [-0.15, -0.1) is 0 Å². The summed E-state index contributed by atoms with van der Waals surface area (Å²) in [6.45, 7) is 0. The van der Waals surface area contributed by atoms with E-state index >= 15 is 0 Å². The number of hydrogen-bond acceptors (Lipinski definition) is 1. The first-order valence-electron chi connectivity index (χ1n) is 14.3. The minimum Gasteiger partial charge on any atom is -0.309 e. The number of hydrogen-bond donors (Lipinski definition) is 0. The van der Waals surface area contributed by atoms with Crippen molar-refractivity contribution in [1.29, 1.82) is 0 Å². The number of pyridine rings is 1. The maximum absolute atomic E-state index is 4.48. The predicted octanol–water partition coefficient (Wildman–Crippen LogP) is 10.1. The Hall–Kier alpha value is -5.67. The van der Waals surface area contributed by atoms with E-state index in [4.69, 9.17) is 0 Å². The molecule has 0 unspecified atom stereocenters. The molecular weight excluding hydrogens is 510 g/mol. The van der Waals surface area contributed by atoms with E-state index in [-0.39, 0.29) is 0 Å². The Morgan fingerprint density at radius 2 is 1.19 bits per heavy atom. The van der Waals surface area contributed by atoms with Crippen LogP contribution >= 0.6 is 0 Å². The van der Waals surface area contributed by atoms with Gasteiger partial charge >= 0.3 is 0 Å². The molecule has 0 bridgehead atoms. The highest BCUT2D eigenvalue weighted by Gasteiger charge is 2.18. The van der Waals surface area contributed by atoms with E-state index in [0.29, 0.717) is 0 Å². The zero-order chi connectivity index (χ0) is 27.6. The highest BCUT2D eigenvalue weighted by Crippen LogP contribution is 2.40. The van der Waals surface area contributed by atoms with Crippen LogP contribution in [0.15, 0.2) is 152 Å². The minimum absolute atomic E-state index is 1.11. The lowest BCUT2D eigenvalue weighted by atomic mass is 10.0. The maximum atomic E-state index is 4.48. The van der Waals surface area contributed by atoms with Crippen molar-refractivity contribution in [3.63, 3.8) is 0 Å². The SMILES string of the molecule is c1ccc(-n2c3cnccc3c3ccc(-c4cccc5c6ccccc6n(-c6ccc7ccccc7c6)c45)cc32)cc1. The first-order chi connectivity index (χ1) is 20.8. The monoisotopic (exact) mass is 535 g/mol. The zero-order valence-corrected chi connectivity index (χ0v) is 22.8. The molecule has 0 amide bonds. The van der Waals surface area contributed by atoms with E-state index < -0.39 is 0 Å². The topological polar surface area (TPSA) is 22.8 Å². The zero-order valence-electron chi connectivity index (χ0n) is 22.8. The molecule has 0 aliphatic carbocycles. The number of para-hydroxylation sites is 3.